The predicted molar refractivity (Wildman–Crippen MR) is 80.3 cm³/mol. The van der Waals surface area contributed by atoms with E-state index in [1.54, 1.807) is 25.4 Å². The minimum absolute atomic E-state index is 0.0922. The normalized spacial score (nSPS) is 10.3. The summed E-state index contributed by atoms with van der Waals surface area (Å²) in [5.41, 5.74) is 1.09. The van der Waals surface area contributed by atoms with Crippen LogP contribution in [0.25, 0.3) is 0 Å². The lowest BCUT2D eigenvalue weighted by molar-refractivity contribution is -0.384. The molecule has 0 unspecified atom stereocenters. The summed E-state index contributed by atoms with van der Waals surface area (Å²) in [6.45, 7) is 0.383. The topological polar surface area (TPSA) is 76.6 Å². The van der Waals surface area contributed by atoms with Crippen molar-refractivity contribution in [3.05, 3.63) is 61.6 Å². The van der Waals surface area contributed by atoms with Gasteiger partial charge in [-0.05, 0) is 34.7 Å². The molecular weight excluding hydrogens is 375 g/mol. The molecule has 0 saturated carbocycles. The number of carbonyl (C=O) groups excluding carboxylic acids is 1. The van der Waals surface area contributed by atoms with Gasteiger partial charge in [-0.15, -0.1) is 0 Å². The fraction of sp³-hybridized carbons (Fsp3) is 0.154. The van der Waals surface area contributed by atoms with Crippen molar-refractivity contribution < 1.29 is 14.1 Å². The van der Waals surface area contributed by atoms with Gasteiger partial charge in [0.1, 0.15) is 0 Å². The number of hydrogen-bond donors (Lipinski definition) is 0. The summed E-state index contributed by atoms with van der Waals surface area (Å²) in [5.74, 6) is -0.265. The Morgan fingerprint density at radius 3 is 2.80 bits per heavy atom. The average molecular weight is 386 g/mol. The Bertz CT molecular complexity index is 640. The van der Waals surface area contributed by atoms with Crippen molar-refractivity contribution in [1.82, 2.24) is 4.90 Å². The third-order valence-corrected chi connectivity index (χ3v) is 3.68. The molecule has 1 aromatic carbocycles. The Hall–Kier alpha value is -1.90. The SMILES string of the molecule is CN(Cc1ccoc1)C(=O)c1cc([N+](=O)[O-])ccc1I. The van der Waals surface area contributed by atoms with Gasteiger partial charge in [0, 0.05) is 34.9 Å². The summed E-state index contributed by atoms with van der Waals surface area (Å²) in [5, 5.41) is 10.8. The zero-order chi connectivity index (χ0) is 14.7. The first-order valence-corrected chi connectivity index (χ1v) is 6.77. The summed E-state index contributed by atoms with van der Waals surface area (Å²) in [7, 11) is 1.64. The fourth-order valence-electron chi connectivity index (χ4n) is 1.72. The summed E-state index contributed by atoms with van der Waals surface area (Å²) in [4.78, 5) is 24.1. The first-order valence-electron chi connectivity index (χ1n) is 5.69. The van der Waals surface area contributed by atoms with Gasteiger partial charge in [0.25, 0.3) is 11.6 Å². The van der Waals surface area contributed by atoms with Crippen LogP contribution in [0.1, 0.15) is 15.9 Å². The molecule has 0 aliphatic rings. The van der Waals surface area contributed by atoms with Gasteiger partial charge in [-0.25, -0.2) is 0 Å². The minimum Gasteiger partial charge on any atom is -0.472 e. The second kappa shape index (κ2) is 6.04. The van der Waals surface area contributed by atoms with Crippen LogP contribution in [0, 0.1) is 13.7 Å². The molecule has 0 aliphatic carbocycles. The van der Waals surface area contributed by atoms with E-state index < -0.39 is 4.92 Å². The molecule has 0 radical (unpaired) electrons. The number of benzene rings is 1. The largest absolute Gasteiger partial charge is 0.472 e. The molecule has 20 heavy (non-hydrogen) atoms. The van der Waals surface area contributed by atoms with Crippen molar-refractivity contribution in [2.45, 2.75) is 6.54 Å². The molecule has 0 fully saturated rings. The van der Waals surface area contributed by atoms with Gasteiger partial charge in [-0.2, -0.15) is 0 Å². The number of nitro benzene ring substituents is 1. The third-order valence-electron chi connectivity index (χ3n) is 2.74. The molecule has 6 nitrogen and oxygen atoms in total. The number of amides is 1. The van der Waals surface area contributed by atoms with E-state index in [9.17, 15) is 14.9 Å². The van der Waals surface area contributed by atoms with E-state index in [-0.39, 0.29) is 11.6 Å². The lowest BCUT2D eigenvalue weighted by atomic mass is 10.1. The van der Waals surface area contributed by atoms with Crippen LogP contribution in [0.15, 0.2) is 41.2 Å². The lowest BCUT2D eigenvalue weighted by Crippen LogP contribution is -2.26. The van der Waals surface area contributed by atoms with E-state index in [1.807, 2.05) is 22.6 Å². The maximum atomic E-state index is 12.3. The van der Waals surface area contributed by atoms with E-state index >= 15 is 0 Å². The van der Waals surface area contributed by atoms with Gasteiger partial charge < -0.3 is 9.32 Å². The van der Waals surface area contributed by atoms with Crippen LogP contribution >= 0.6 is 22.6 Å². The zero-order valence-electron chi connectivity index (χ0n) is 10.6. The first-order chi connectivity index (χ1) is 9.49. The fourth-order valence-corrected chi connectivity index (χ4v) is 2.29. The number of halogens is 1. The Morgan fingerprint density at radius 1 is 1.45 bits per heavy atom. The molecule has 7 heteroatoms. The molecule has 0 spiro atoms. The van der Waals surface area contributed by atoms with Crippen LogP contribution in [0.4, 0.5) is 5.69 Å². The average Bonchev–Trinajstić information content (AvgIpc) is 2.91. The van der Waals surface area contributed by atoms with E-state index in [4.69, 9.17) is 4.42 Å². The Balaban J connectivity index is 2.23. The zero-order valence-corrected chi connectivity index (χ0v) is 12.7. The maximum absolute atomic E-state index is 12.3. The summed E-state index contributed by atoms with van der Waals surface area (Å²) in [6, 6.07) is 6.02. The number of nitro groups is 1. The molecule has 0 saturated heterocycles. The molecule has 2 rings (SSSR count). The molecule has 0 N–H and O–H groups in total. The van der Waals surface area contributed by atoms with Crippen molar-refractivity contribution in [2.24, 2.45) is 0 Å². The van der Waals surface area contributed by atoms with Gasteiger partial charge in [-0.1, -0.05) is 0 Å². The highest BCUT2D eigenvalue weighted by Crippen LogP contribution is 2.21. The van der Waals surface area contributed by atoms with Gasteiger partial charge >= 0.3 is 0 Å². The Kier molecular flexibility index (Phi) is 4.38. The van der Waals surface area contributed by atoms with Gasteiger partial charge in [0.15, 0.2) is 0 Å². The van der Waals surface area contributed by atoms with Crippen LogP contribution < -0.4 is 0 Å². The molecule has 2 aromatic rings. The molecule has 0 atom stereocenters. The van der Waals surface area contributed by atoms with Gasteiger partial charge in [-0.3, -0.25) is 14.9 Å². The molecule has 1 heterocycles. The molecule has 1 amide bonds. The second-order valence-electron chi connectivity index (χ2n) is 4.21. The maximum Gasteiger partial charge on any atom is 0.270 e. The van der Waals surface area contributed by atoms with E-state index in [1.165, 1.54) is 23.3 Å². The van der Waals surface area contributed by atoms with Crippen molar-refractivity contribution in [3.8, 4) is 0 Å². The van der Waals surface area contributed by atoms with Crippen molar-refractivity contribution in [1.29, 1.82) is 0 Å². The third kappa shape index (κ3) is 3.16. The molecule has 0 aliphatic heterocycles. The number of hydrogen-bond acceptors (Lipinski definition) is 4. The number of carbonyl (C=O) groups is 1. The van der Waals surface area contributed by atoms with Crippen LogP contribution in [-0.4, -0.2) is 22.8 Å². The van der Waals surface area contributed by atoms with Crippen molar-refractivity contribution in [3.63, 3.8) is 0 Å². The monoisotopic (exact) mass is 386 g/mol. The molecule has 1 aromatic heterocycles. The number of non-ortho nitro benzene ring substituents is 1. The molecular formula is C13H11IN2O4. The highest BCUT2D eigenvalue weighted by molar-refractivity contribution is 14.1. The molecule has 0 bridgehead atoms. The van der Waals surface area contributed by atoms with Crippen molar-refractivity contribution in [2.75, 3.05) is 7.05 Å². The smallest absolute Gasteiger partial charge is 0.270 e. The van der Waals surface area contributed by atoms with Crippen LogP contribution in [-0.2, 0) is 6.54 Å². The second-order valence-corrected chi connectivity index (χ2v) is 5.38. The van der Waals surface area contributed by atoms with Crippen LogP contribution in [0.3, 0.4) is 0 Å². The molecule has 104 valence electrons. The summed E-state index contributed by atoms with van der Waals surface area (Å²) in [6.07, 6.45) is 3.09. The van der Waals surface area contributed by atoms with Crippen LogP contribution in [0.5, 0.6) is 0 Å². The minimum atomic E-state index is -0.511. The van der Waals surface area contributed by atoms with E-state index in [0.717, 1.165) is 5.56 Å². The van der Waals surface area contributed by atoms with Crippen molar-refractivity contribution >= 4 is 34.2 Å². The lowest BCUT2D eigenvalue weighted by Gasteiger charge is -2.17. The predicted octanol–water partition coefficient (Wildman–Crippen LogP) is 3.06. The van der Waals surface area contributed by atoms with E-state index in [0.29, 0.717) is 15.7 Å². The quantitative estimate of drug-likeness (QED) is 0.460. The van der Waals surface area contributed by atoms with Gasteiger partial charge in [0.05, 0.1) is 23.0 Å². The number of rotatable bonds is 4. The number of nitrogens with zero attached hydrogens (tertiary/aromatic N) is 2. The number of furan rings is 1. The highest BCUT2D eigenvalue weighted by Gasteiger charge is 2.19. The van der Waals surface area contributed by atoms with Crippen LogP contribution in [0.2, 0.25) is 0 Å². The summed E-state index contributed by atoms with van der Waals surface area (Å²) >= 11 is 1.99. The Morgan fingerprint density at radius 2 is 2.20 bits per heavy atom. The highest BCUT2D eigenvalue weighted by atomic mass is 127. The Labute approximate surface area is 128 Å². The standard InChI is InChI=1S/C13H11IN2O4/c1-15(7-9-4-5-20-8-9)13(17)11-6-10(16(18)19)2-3-12(11)14/h2-6,8H,7H2,1H3. The van der Waals surface area contributed by atoms with E-state index in [2.05, 4.69) is 0 Å². The first kappa shape index (κ1) is 14.5. The summed E-state index contributed by atoms with van der Waals surface area (Å²) < 4.78 is 5.62. The van der Waals surface area contributed by atoms with Gasteiger partial charge in [0.2, 0.25) is 0 Å².